The van der Waals surface area contributed by atoms with Gasteiger partial charge in [-0.3, -0.25) is 9.69 Å². The van der Waals surface area contributed by atoms with E-state index in [-0.39, 0.29) is 12.0 Å². The number of benzene rings is 3. The van der Waals surface area contributed by atoms with Gasteiger partial charge in [-0.1, -0.05) is 65.4 Å². The Bertz CT molecular complexity index is 1280. The first-order valence-electron chi connectivity index (χ1n) is 11.3. The summed E-state index contributed by atoms with van der Waals surface area (Å²) in [6.45, 7) is 1.17. The minimum absolute atomic E-state index is 0.00863. The van der Waals surface area contributed by atoms with Crippen molar-refractivity contribution in [3.05, 3.63) is 88.4 Å². The molecule has 1 unspecified atom stereocenters. The van der Waals surface area contributed by atoms with Gasteiger partial charge in [-0.2, -0.15) is 0 Å². The lowest BCUT2D eigenvalue weighted by Crippen LogP contribution is -2.37. The first-order valence-corrected chi connectivity index (χ1v) is 12.5. The van der Waals surface area contributed by atoms with Gasteiger partial charge in [-0.25, -0.2) is 4.98 Å². The second-order valence-corrected chi connectivity index (χ2v) is 9.72. The fraction of sp³-hybridized carbons (Fsp3) is 0.259. The number of nitrogens with zero attached hydrogens (tertiary/aromatic N) is 2. The fourth-order valence-corrected chi connectivity index (χ4v) is 5.48. The summed E-state index contributed by atoms with van der Waals surface area (Å²) in [6, 6.07) is 21.7. The molecular weight excluding hydrogens is 468 g/mol. The molecule has 1 saturated heterocycles. The van der Waals surface area contributed by atoms with E-state index in [1.54, 1.807) is 24.1 Å². The van der Waals surface area contributed by atoms with Crippen molar-refractivity contribution in [2.45, 2.75) is 25.4 Å². The van der Waals surface area contributed by atoms with Crippen LogP contribution in [0, 0.1) is 0 Å². The first-order chi connectivity index (χ1) is 16.6. The number of fused-ring (bicyclic) bond motifs is 1. The molecule has 1 aromatic heterocycles. The molecule has 0 spiro atoms. The van der Waals surface area contributed by atoms with Crippen LogP contribution in [-0.4, -0.2) is 37.3 Å². The van der Waals surface area contributed by atoms with Gasteiger partial charge in [-0.15, -0.1) is 0 Å². The molecule has 0 radical (unpaired) electrons. The number of amides is 1. The zero-order chi connectivity index (χ0) is 23.5. The lowest BCUT2D eigenvalue weighted by Gasteiger charge is -2.23. The number of carbonyl (C=O) groups is 1. The number of thiazole rings is 1. The zero-order valence-electron chi connectivity index (χ0n) is 18.9. The van der Waals surface area contributed by atoms with Crippen LogP contribution in [0.3, 0.4) is 0 Å². The fourth-order valence-electron chi connectivity index (χ4n) is 4.21. The van der Waals surface area contributed by atoms with Crippen LogP contribution in [0.4, 0.5) is 5.13 Å². The summed E-state index contributed by atoms with van der Waals surface area (Å²) in [5.41, 5.74) is 3.68. The van der Waals surface area contributed by atoms with Crippen molar-refractivity contribution in [3.8, 4) is 5.75 Å². The Balaban J connectivity index is 1.45. The molecule has 2 heterocycles. The van der Waals surface area contributed by atoms with E-state index in [1.807, 2.05) is 42.5 Å². The highest BCUT2D eigenvalue weighted by atomic mass is 35.5. The van der Waals surface area contributed by atoms with E-state index in [2.05, 4.69) is 12.1 Å². The van der Waals surface area contributed by atoms with Gasteiger partial charge < -0.3 is 9.47 Å². The van der Waals surface area contributed by atoms with Crippen LogP contribution < -0.4 is 9.64 Å². The summed E-state index contributed by atoms with van der Waals surface area (Å²) >= 11 is 7.84. The van der Waals surface area contributed by atoms with Crippen LogP contribution >= 0.6 is 22.9 Å². The molecule has 0 aliphatic carbocycles. The van der Waals surface area contributed by atoms with Crippen molar-refractivity contribution >= 4 is 44.2 Å². The summed E-state index contributed by atoms with van der Waals surface area (Å²) in [7, 11) is 1.61. The molecule has 0 N–H and O–H groups in total. The maximum atomic E-state index is 13.7. The number of methoxy groups -OCH3 is 1. The summed E-state index contributed by atoms with van der Waals surface area (Å²) in [5.74, 6) is 0.535. The molecule has 1 amide bonds. The zero-order valence-corrected chi connectivity index (χ0v) is 20.4. The minimum atomic E-state index is -0.101. The molecule has 1 aliphatic heterocycles. The normalized spacial score (nSPS) is 15.5. The van der Waals surface area contributed by atoms with Crippen LogP contribution in [0.1, 0.15) is 34.3 Å². The molecule has 1 fully saturated rings. The lowest BCUT2D eigenvalue weighted by atomic mass is 10.0. The van der Waals surface area contributed by atoms with E-state index >= 15 is 0 Å². The third-order valence-electron chi connectivity index (χ3n) is 6.01. The maximum absolute atomic E-state index is 13.7. The van der Waals surface area contributed by atoms with E-state index in [1.165, 1.54) is 16.9 Å². The third kappa shape index (κ3) is 4.80. The highest BCUT2D eigenvalue weighted by Gasteiger charge is 2.28. The molecule has 5 rings (SSSR count). The van der Waals surface area contributed by atoms with E-state index in [4.69, 9.17) is 26.1 Å². The Kier molecular flexibility index (Phi) is 6.81. The van der Waals surface area contributed by atoms with Gasteiger partial charge in [0.15, 0.2) is 5.13 Å². The van der Waals surface area contributed by atoms with Gasteiger partial charge in [0.1, 0.15) is 11.3 Å². The van der Waals surface area contributed by atoms with Gasteiger partial charge in [0.2, 0.25) is 0 Å². The Labute approximate surface area is 207 Å². The van der Waals surface area contributed by atoms with E-state index in [9.17, 15) is 4.79 Å². The quantitative estimate of drug-likeness (QED) is 0.300. The number of rotatable bonds is 7. The number of ether oxygens (including phenoxy) is 2. The van der Waals surface area contributed by atoms with Crippen molar-refractivity contribution in [2.75, 3.05) is 25.2 Å². The van der Waals surface area contributed by atoms with Gasteiger partial charge >= 0.3 is 0 Å². The van der Waals surface area contributed by atoms with E-state index in [0.717, 1.165) is 36.1 Å². The number of halogens is 1. The predicted octanol–water partition coefficient (Wildman–Crippen LogP) is 6.37. The Morgan fingerprint density at radius 3 is 2.59 bits per heavy atom. The minimum Gasteiger partial charge on any atom is -0.494 e. The van der Waals surface area contributed by atoms with Crippen LogP contribution in [0.25, 0.3) is 10.2 Å². The molecule has 7 heteroatoms. The molecular formula is C27H25ClN2O3S. The smallest absolute Gasteiger partial charge is 0.260 e. The molecule has 4 aromatic rings. The molecule has 174 valence electrons. The lowest BCUT2D eigenvalue weighted by molar-refractivity contribution is 0.0917. The Morgan fingerprint density at radius 1 is 1.12 bits per heavy atom. The highest BCUT2D eigenvalue weighted by molar-refractivity contribution is 7.23. The van der Waals surface area contributed by atoms with Gasteiger partial charge in [-0.05, 0) is 54.7 Å². The molecule has 0 saturated carbocycles. The van der Waals surface area contributed by atoms with Crippen molar-refractivity contribution in [1.82, 2.24) is 4.98 Å². The standard InChI is InChI=1S/C27H25ClN2O3S/c1-32-23-14-13-22(28)25-24(23)29-27(34-25)30(17-21-8-5-15-33-21)26(31)20-11-9-19(10-12-20)16-18-6-3-2-4-7-18/h2-4,6-7,9-14,21H,5,8,15-17H2,1H3. The summed E-state index contributed by atoms with van der Waals surface area (Å²) in [4.78, 5) is 20.2. The summed E-state index contributed by atoms with van der Waals surface area (Å²) < 4.78 is 12.1. The number of aromatic nitrogens is 1. The molecule has 5 nitrogen and oxygen atoms in total. The average molecular weight is 493 g/mol. The predicted molar refractivity (Wildman–Crippen MR) is 138 cm³/mol. The third-order valence-corrected chi connectivity index (χ3v) is 7.54. The molecule has 3 aromatic carbocycles. The van der Waals surface area contributed by atoms with Gasteiger partial charge in [0.05, 0.1) is 29.5 Å². The number of hydrogen-bond acceptors (Lipinski definition) is 5. The molecule has 34 heavy (non-hydrogen) atoms. The SMILES string of the molecule is COc1ccc(Cl)c2sc(N(CC3CCCO3)C(=O)c3ccc(Cc4ccccc4)cc3)nc12. The second kappa shape index (κ2) is 10.1. The molecule has 0 bridgehead atoms. The average Bonchev–Trinajstić information content (AvgIpc) is 3.54. The van der Waals surface area contributed by atoms with Crippen molar-refractivity contribution in [1.29, 1.82) is 0 Å². The van der Waals surface area contributed by atoms with Crippen LogP contribution in [0.2, 0.25) is 5.02 Å². The van der Waals surface area contributed by atoms with Crippen LogP contribution in [0.5, 0.6) is 5.75 Å². The number of hydrogen-bond donors (Lipinski definition) is 0. The first kappa shape index (κ1) is 22.8. The largest absolute Gasteiger partial charge is 0.494 e. The highest BCUT2D eigenvalue weighted by Crippen LogP contribution is 2.39. The van der Waals surface area contributed by atoms with Crippen molar-refractivity contribution < 1.29 is 14.3 Å². The van der Waals surface area contributed by atoms with Crippen molar-refractivity contribution in [3.63, 3.8) is 0 Å². The number of anilines is 1. The number of carbonyl (C=O) groups excluding carboxylic acids is 1. The van der Waals surface area contributed by atoms with Crippen LogP contribution in [-0.2, 0) is 11.2 Å². The topological polar surface area (TPSA) is 51.7 Å². The second-order valence-electron chi connectivity index (χ2n) is 8.33. The van der Waals surface area contributed by atoms with E-state index in [0.29, 0.717) is 33.5 Å². The maximum Gasteiger partial charge on any atom is 0.260 e. The molecule has 1 aliphatic rings. The van der Waals surface area contributed by atoms with Gasteiger partial charge in [0.25, 0.3) is 5.91 Å². The summed E-state index contributed by atoms with van der Waals surface area (Å²) in [6.07, 6.45) is 2.74. The monoisotopic (exact) mass is 492 g/mol. The van der Waals surface area contributed by atoms with E-state index < -0.39 is 0 Å². The Hall–Kier alpha value is -2.93. The molecule has 1 atom stereocenters. The van der Waals surface area contributed by atoms with Crippen LogP contribution in [0.15, 0.2) is 66.7 Å². The summed E-state index contributed by atoms with van der Waals surface area (Å²) in [5, 5.41) is 1.18. The Morgan fingerprint density at radius 2 is 1.88 bits per heavy atom. The van der Waals surface area contributed by atoms with Crippen molar-refractivity contribution in [2.24, 2.45) is 0 Å². The van der Waals surface area contributed by atoms with Gasteiger partial charge in [0, 0.05) is 12.2 Å².